The molecule has 6 heteroatoms. The number of hydrogen-bond donors (Lipinski definition) is 1. The molecule has 1 saturated heterocycles. The zero-order chi connectivity index (χ0) is 20.5. The lowest BCUT2D eigenvalue weighted by atomic mass is 10.0. The van der Waals surface area contributed by atoms with Crippen LogP contribution in [0, 0.1) is 0 Å². The Morgan fingerprint density at radius 3 is 2.46 bits per heavy atom. The van der Waals surface area contributed by atoms with Gasteiger partial charge in [0.2, 0.25) is 11.8 Å². The number of nitrogens with zero attached hydrogens (tertiary/aromatic N) is 2. The number of thioether (sulfide) groups is 1. The lowest BCUT2D eigenvalue weighted by Crippen LogP contribution is -2.34. The Bertz CT molecular complexity index is 686. The largest absolute Gasteiger partial charge is 0.326 e. The lowest BCUT2D eigenvalue weighted by Gasteiger charge is -2.16. The van der Waals surface area contributed by atoms with Gasteiger partial charge in [0.25, 0.3) is 0 Å². The molecule has 0 bridgehead atoms. The van der Waals surface area contributed by atoms with Crippen molar-refractivity contribution in [3.8, 4) is 0 Å². The molecule has 1 aliphatic rings. The number of aliphatic imine (C=N–C) groups is 1. The van der Waals surface area contributed by atoms with Crippen LogP contribution in [0.15, 0.2) is 29.3 Å². The van der Waals surface area contributed by atoms with Crippen molar-refractivity contribution in [2.24, 2.45) is 4.99 Å². The average molecular weight is 404 g/mol. The van der Waals surface area contributed by atoms with Crippen LogP contribution in [0.3, 0.4) is 0 Å². The quantitative estimate of drug-likeness (QED) is 0.557. The van der Waals surface area contributed by atoms with Crippen LogP contribution in [0.4, 0.5) is 5.69 Å². The van der Waals surface area contributed by atoms with Gasteiger partial charge in [-0.25, -0.2) is 0 Å². The summed E-state index contributed by atoms with van der Waals surface area (Å²) in [6, 6.07) is 7.89. The van der Waals surface area contributed by atoms with Gasteiger partial charge in [-0.2, -0.15) is 0 Å². The SMILES string of the molecule is CCCCN=C1S[C@H](CC(=O)Nc2ccc(C(C)C)cc2)C(=O)N1CCCC. The number of unbranched alkanes of at least 4 members (excludes halogenated alkanes) is 2. The maximum atomic E-state index is 12.8. The number of carbonyl (C=O) groups is 2. The third-order valence-electron chi connectivity index (χ3n) is 4.75. The van der Waals surface area contributed by atoms with Gasteiger partial charge in [-0.1, -0.05) is 64.4 Å². The fourth-order valence-corrected chi connectivity index (χ4v) is 4.14. The van der Waals surface area contributed by atoms with Gasteiger partial charge >= 0.3 is 0 Å². The molecule has 0 aromatic heterocycles. The van der Waals surface area contributed by atoms with Crippen molar-refractivity contribution in [2.45, 2.75) is 71.0 Å². The summed E-state index contributed by atoms with van der Waals surface area (Å²) in [6.45, 7) is 9.93. The van der Waals surface area contributed by atoms with Crippen molar-refractivity contribution in [1.29, 1.82) is 0 Å². The van der Waals surface area contributed by atoms with Crippen molar-refractivity contribution < 1.29 is 9.59 Å². The first-order chi connectivity index (χ1) is 13.5. The lowest BCUT2D eigenvalue weighted by molar-refractivity contribution is -0.128. The van der Waals surface area contributed by atoms with E-state index in [0.717, 1.165) is 43.1 Å². The first-order valence-corrected chi connectivity index (χ1v) is 11.3. The van der Waals surface area contributed by atoms with Gasteiger partial charge in [-0.05, 0) is 36.5 Å². The molecule has 5 nitrogen and oxygen atoms in total. The number of benzene rings is 1. The van der Waals surface area contributed by atoms with Crippen LogP contribution in [0.2, 0.25) is 0 Å². The summed E-state index contributed by atoms with van der Waals surface area (Å²) in [7, 11) is 0. The fraction of sp³-hybridized carbons (Fsp3) is 0.591. The zero-order valence-corrected chi connectivity index (χ0v) is 18.3. The molecular formula is C22H33N3O2S. The Balaban J connectivity index is 1.98. The summed E-state index contributed by atoms with van der Waals surface area (Å²) in [5.74, 6) is 0.337. The van der Waals surface area contributed by atoms with Crippen molar-refractivity contribution in [1.82, 2.24) is 4.90 Å². The summed E-state index contributed by atoms with van der Waals surface area (Å²) >= 11 is 1.44. The normalized spacial score (nSPS) is 18.3. The van der Waals surface area contributed by atoms with Crippen LogP contribution in [0.5, 0.6) is 0 Å². The van der Waals surface area contributed by atoms with E-state index in [1.54, 1.807) is 4.90 Å². The van der Waals surface area contributed by atoms with E-state index in [0.29, 0.717) is 12.5 Å². The number of amides is 2. The highest BCUT2D eigenvalue weighted by Gasteiger charge is 2.38. The second kappa shape index (κ2) is 11.2. The van der Waals surface area contributed by atoms with E-state index < -0.39 is 0 Å². The molecule has 0 saturated carbocycles. The summed E-state index contributed by atoms with van der Waals surface area (Å²) in [4.78, 5) is 31.7. The molecule has 28 heavy (non-hydrogen) atoms. The van der Waals surface area contributed by atoms with E-state index in [2.05, 4.69) is 38.0 Å². The van der Waals surface area contributed by atoms with E-state index in [1.807, 2.05) is 24.3 Å². The highest BCUT2D eigenvalue weighted by Crippen LogP contribution is 2.30. The van der Waals surface area contributed by atoms with Gasteiger partial charge in [0.05, 0.1) is 0 Å². The fourth-order valence-electron chi connectivity index (χ4n) is 2.95. The van der Waals surface area contributed by atoms with Crippen molar-refractivity contribution in [3.05, 3.63) is 29.8 Å². The second-order valence-corrected chi connectivity index (χ2v) is 8.67. The number of rotatable bonds is 10. The molecular weight excluding hydrogens is 370 g/mol. The average Bonchev–Trinajstić information content (AvgIpc) is 2.95. The minimum atomic E-state index is -0.382. The van der Waals surface area contributed by atoms with Crippen molar-refractivity contribution in [2.75, 3.05) is 18.4 Å². The van der Waals surface area contributed by atoms with Gasteiger partial charge in [-0.15, -0.1) is 0 Å². The standard InChI is InChI=1S/C22H33N3O2S/c1-5-7-13-23-22-25(14-8-6-2)21(27)19(28-22)15-20(26)24-18-11-9-17(10-12-18)16(3)4/h9-12,16,19H,5-8,13-15H2,1-4H3,(H,24,26)/t19-/m1/s1. The Morgan fingerprint density at radius 1 is 1.18 bits per heavy atom. The Kier molecular flexibility index (Phi) is 9.03. The van der Waals surface area contributed by atoms with Gasteiger partial charge in [0.15, 0.2) is 5.17 Å². The Hall–Kier alpha value is -1.82. The highest BCUT2D eigenvalue weighted by molar-refractivity contribution is 8.15. The number of amidine groups is 1. The van der Waals surface area contributed by atoms with E-state index in [9.17, 15) is 9.59 Å². The van der Waals surface area contributed by atoms with Crippen molar-refractivity contribution in [3.63, 3.8) is 0 Å². The monoisotopic (exact) mass is 403 g/mol. The van der Waals surface area contributed by atoms with E-state index in [1.165, 1.54) is 17.3 Å². The number of anilines is 1. The minimum Gasteiger partial charge on any atom is -0.326 e. The molecule has 0 aliphatic carbocycles. The molecule has 1 aliphatic heterocycles. The Morgan fingerprint density at radius 2 is 1.86 bits per heavy atom. The van der Waals surface area contributed by atoms with E-state index >= 15 is 0 Å². The number of hydrogen-bond acceptors (Lipinski definition) is 4. The summed E-state index contributed by atoms with van der Waals surface area (Å²) in [5, 5.41) is 3.32. The number of carbonyl (C=O) groups excluding carboxylic acids is 2. The molecule has 1 N–H and O–H groups in total. The highest BCUT2D eigenvalue weighted by atomic mass is 32.2. The molecule has 2 rings (SSSR count). The Labute approximate surface area is 173 Å². The molecule has 1 atom stereocenters. The van der Waals surface area contributed by atoms with Crippen LogP contribution in [-0.2, 0) is 9.59 Å². The summed E-state index contributed by atoms with van der Waals surface area (Å²) in [5.41, 5.74) is 2.00. The third kappa shape index (κ3) is 6.36. The predicted octanol–water partition coefficient (Wildman–Crippen LogP) is 5.04. The van der Waals surface area contributed by atoms with Gasteiger partial charge in [0, 0.05) is 25.2 Å². The maximum Gasteiger partial charge on any atom is 0.242 e. The van der Waals surface area contributed by atoms with Crippen LogP contribution < -0.4 is 5.32 Å². The number of nitrogens with one attached hydrogen (secondary N) is 1. The van der Waals surface area contributed by atoms with Crippen molar-refractivity contribution >= 4 is 34.4 Å². The minimum absolute atomic E-state index is 0.0130. The summed E-state index contributed by atoms with van der Waals surface area (Å²) in [6.07, 6.45) is 4.22. The smallest absolute Gasteiger partial charge is 0.242 e. The molecule has 1 aromatic carbocycles. The van der Waals surface area contributed by atoms with Crippen LogP contribution in [-0.4, -0.2) is 40.2 Å². The summed E-state index contributed by atoms with van der Waals surface area (Å²) < 4.78 is 0. The predicted molar refractivity (Wildman–Crippen MR) is 119 cm³/mol. The molecule has 0 unspecified atom stereocenters. The first-order valence-electron chi connectivity index (χ1n) is 10.4. The van der Waals surface area contributed by atoms with Gasteiger partial charge in [-0.3, -0.25) is 19.5 Å². The molecule has 1 aromatic rings. The zero-order valence-electron chi connectivity index (χ0n) is 17.5. The van der Waals surface area contributed by atoms with Crippen LogP contribution in [0.1, 0.15) is 71.3 Å². The molecule has 1 heterocycles. The topological polar surface area (TPSA) is 61.8 Å². The van der Waals surface area contributed by atoms with Crippen LogP contribution in [0.25, 0.3) is 0 Å². The van der Waals surface area contributed by atoms with E-state index in [-0.39, 0.29) is 23.5 Å². The molecule has 1 fully saturated rings. The second-order valence-electron chi connectivity index (χ2n) is 7.50. The third-order valence-corrected chi connectivity index (χ3v) is 5.96. The van der Waals surface area contributed by atoms with E-state index in [4.69, 9.17) is 0 Å². The molecule has 154 valence electrons. The molecule has 0 radical (unpaired) electrons. The molecule has 0 spiro atoms. The molecule has 2 amide bonds. The van der Waals surface area contributed by atoms with Gasteiger partial charge in [0.1, 0.15) is 5.25 Å². The first kappa shape index (κ1) is 22.5. The maximum absolute atomic E-state index is 12.8. The van der Waals surface area contributed by atoms with Crippen LogP contribution >= 0.6 is 11.8 Å². The van der Waals surface area contributed by atoms with Gasteiger partial charge < -0.3 is 5.32 Å².